The highest BCUT2D eigenvalue weighted by Crippen LogP contribution is 2.13. The molecule has 5 nitrogen and oxygen atoms in total. The third-order valence-corrected chi connectivity index (χ3v) is 3.03. The first kappa shape index (κ1) is 14.7. The van der Waals surface area contributed by atoms with E-state index in [0.717, 1.165) is 5.56 Å². The number of carbonyl (C=O) groups is 2. The Bertz CT molecular complexity index is 599. The van der Waals surface area contributed by atoms with Crippen molar-refractivity contribution in [2.75, 3.05) is 11.4 Å². The predicted molar refractivity (Wildman–Crippen MR) is 80.6 cm³/mol. The highest BCUT2D eigenvalue weighted by Gasteiger charge is 2.21. The van der Waals surface area contributed by atoms with E-state index in [-0.39, 0.29) is 0 Å². The molecule has 1 aromatic heterocycles. The van der Waals surface area contributed by atoms with Crippen LogP contribution in [0.25, 0.3) is 0 Å². The fourth-order valence-corrected chi connectivity index (χ4v) is 1.93. The molecule has 0 radical (unpaired) electrons. The zero-order valence-electron chi connectivity index (χ0n) is 11.8. The Hall–Kier alpha value is -2.69. The van der Waals surface area contributed by atoms with Gasteiger partial charge in [-0.1, -0.05) is 18.2 Å². The van der Waals surface area contributed by atoms with Crippen molar-refractivity contribution in [1.29, 1.82) is 0 Å². The van der Waals surface area contributed by atoms with Crippen molar-refractivity contribution in [3.8, 4) is 0 Å². The predicted octanol–water partition coefficient (Wildman–Crippen LogP) is 1.75. The van der Waals surface area contributed by atoms with Gasteiger partial charge in [-0.2, -0.15) is 0 Å². The number of hydrogen-bond donors (Lipinski definition) is 1. The molecule has 0 saturated carbocycles. The van der Waals surface area contributed by atoms with E-state index in [1.807, 2.05) is 25.1 Å². The minimum Gasteiger partial charge on any atom is -0.344 e. The number of nitrogens with zero attached hydrogens (tertiary/aromatic N) is 2. The zero-order chi connectivity index (χ0) is 15.1. The number of nitrogens with one attached hydrogen (secondary N) is 1. The number of aromatic nitrogens is 1. The van der Waals surface area contributed by atoms with E-state index >= 15 is 0 Å². The molecule has 0 aliphatic heterocycles. The van der Waals surface area contributed by atoms with E-state index in [4.69, 9.17) is 0 Å². The normalized spacial score (nSPS) is 9.95. The van der Waals surface area contributed by atoms with Crippen LogP contribution in [0.4, 0.5) is 5.69 Å². The molecule has 2 rings (SSSR count). The first-order valence-corrected chi connectivity index (χ1v) is 6.76. The van der Waals surface area contributed by atoms with Crippen LogP contribution in [0.15, 0.2) is 54.9 Å². The molecule has 108 valence electrons. The summed E-state index contributed by atoms with van der Waals surface area (Å²) in [6, 6.07) is 12.7. The molecule has 1 heterocycles. The Labute approximate surface area is 123 Å². The number of para-hydroxylation sites is 1. The summed E-state index contributed by atoms with van der Waals surface area (Å²) in [4.78, 5) is 29.5. The SMILES string of the molecule is CCN(C(=O)C(=O)NCc1ccncc1)c1ccccc1. The number of anilines is 1. The van der Waals surface area contributed by atoms with Gasteiger partial charge in [0, 0.05) is 31.2 Å². The monoisotopic (exact) mass is 283 g/mol. The average Bonchev–Trinajstić information content (AvgIpc) is 2.55. The van der Waals surface area contributed by atoms with Gasteiger partial charge in [-0.15, -0.1) is 0 Å². The summed E-state index contributed by atoms with van der Waals surface area (Å²) in [7, 11) is 0. The van der Waals surface area contributed by atoms with Crippen LogP contribution in [0.3, 0.4) is 0 Å². The number of hydrogen-bond acceptors (Lipinski definition) is 3. The average molecular weight is 283 g/mol. The first-order chi connectivity index (χ1) is 10.2. The summed E-state index contributed by atoms with van der Waals surface area (Å²) in [5.74, 6) is -1.17. The Morgan fingerprint density at radius 3 is 2.38 bits per heavy atom. The smallest absolute Gasteiger partial charge is 0.316 e. The lowest BCUT2D eigenvalue weighted by Gasteiger charge is -2.20. The quantitative estimate of drug-likeness (QED) is 0.870. The van der Waals surface area contributed by atoms with Gasteiger partial charge in [0.15, 0.2) is 0 Å². The van der Waals surface area contributed by atoms with Gasteiger partial charge in [-0.3, -0.25) is 14.6 Å². The molecule has 0 spiro atoms. The summed E-state index contributed by atoms with van der Waals surface area (Å²) < 4.78 is 0. The largest absolute Gasteiger partial charge is 0.344 e. The molecule has 0 unspecified atom stereocenters. The molecule has 2 aromatic rings. The second-order valence-corrected chi connectivity index (χ2v) is 4.42. The van der Waals surface area contributed by atoms with Crippen LogP contribution >= 0.6 is 0 Å². The third kappa shape index (κ3) is 3.89. The fourth-order valence-electron chi connectivity index (χ4n) is 1.93. The molecule has 0 aliphatic carbocycles. The van der Waals surface area contributed by atoms with Crippen LogP contribution in [-0.2, 0) is 16.1 Å². The molecule has 21 heavy (non-hydrogen) atoms. The van der Waals surface area contributed by atoms with Crippen molar-refractivity contribution in [2.45, 2.75) is 13.5 Å². The van der Waals surface area contributed by atoms with Gasteiger partial charge in [0.1, 0.15) is 0 Å². The Morgan fingerprint density at radius 1 is 1.10 bits per heavy atom. The van der Waals surface area contributed by atoms with Crippen molar-refractivity contribution in [2.24, 2.45) is 0 Å². The van der Waals surface area contributed by atoms with Crippen molar-refractivity contribution < 1.29 is 9.59 Å². The van der Waals surface area contributed by atoms with E-state index in [0.29, 0.717) is 18.8 Å². The van der Waals surface area contributed by atoms with E-state index < -0.39 is 11.8 Å². The Kier molecular flexibility index (Phi) is 5.04. The van der Waals surface area contributed by atoms with Gasteiger partial charge in [0.25, 0.3) is 0 Å². The lowest BCUT2D eigenvalue weighted by atomic mass is 10.2. The molecule has 1 N–H and O–H groups in total. The molecule has 1 aromatic carbocycles. The van der Waals surface area contributed by atoms with E-state index in [1.54, 1.807) is 36.7 Å². The number of benzene rings is 1. The summed E-state index contributed by atoms with van der Waals surface area (Å²) in [6.07, 6.45) is 3.29. The summed E-state index contributed by atoms with van der Waals surface area (Å²) >= 11 is 0. The molecule has 5 heteroatoms. The topological polar surface area (TPSA) is 62.3 Å². The zero-order valence-corrected chi connectivity index (χ0v) is 11.8. The van der Waals surface area contributed by atoms with Gasteiger partial charge in [0.2, 0.25) is 0 Å². The van der Waals surface area contributed by atoms with Gasteiger partial charge >= 0.3 is 11.8 Å². The van der Waals surface area contributed by atoms with Crippen LogP contribution in [0.5, 0.6) is 0 Å². The maximum Gasteiger partial charge on any atom is 0.316 e. The standard InChI is InChI=1S/C16H17N3O2/c1-2-19(14-6-4-3-5-7-14)16(21)15(20)18-12-13-8-10-17-11-9-13/h3-11H,2,12H2,1H3,(H,18,20). The van der Waals surface area contributed by atoms with E-state index in [1.165, 1.54) is 4.90 Å². The number of rotatable bonds is 4. The minimum absolute atomic E-state index is 0.305. The maximum atomic E-state index is 12.2. The van der Waals surface area contributed by atoms with Crippen molar-refractivity contribution in [3.63, 3.8) is 0 Å². The molecule has 0 bridgehead atoms. The van der Waals surface area contributed by atoms with Gasteiger partial charge in [-0.05, 0) is 36.8 Å². The van der Waals surface area contributed by atoms with Crippen LogP contribution in [0, 0.1) is 0 Å². The molecule has 0 atom stereocenters. The molecular weight excluding hydrogens is 266 g/mol. The second-order valence-electron chi connectivity index (χ2n) is 4.42. The lowest BCUT2D eigenvalue weighted by Crippen LogP contribution is -2.42. The number of amides is 2. The van der Waals surface area contributed by atoms with Gasteiger partial charge in [0.05, 0.1) is 0 Å². The van der Waals surface area contributed by atoms with Gasteiger partial charge < -0.3 is 10.2 Å². The number of pyridine rings is 1. The third-order valence-electron chi connectivity index (χ3n) is 3.03. The van der Waals surface area contributed by atoms with Crippen LogP contribution in [-0.4, -0.2) is 23.3 Å². The molecule has 2 amide bonds. The first-order valence-electron chi connectivity index (χ1n) is 6.76. The summed E-state index contributed by atoms with van der Waals surface area (Å²) in [6.45, 7) is 2.58. The molecular formula is C16H17N3O2. The minimum atomic E-state index is -0.613. The molecule has 0 fully saturated rings. The van der Waals surface area contributed by atoms with E-state index in [9.17, 15) is 9.59 Å². The Balaban J connectivity index is 1.99. The molecule has 0 saturated heterocycles. The Morgan fingerprint density at radius 2 is 1.76 bits per heavy atom. The summed E-state index contributed by atoms with van der Waals surface area (Å²) in [5, 5.41) is 2.63. The second kappa shape index (κ2) is 7.19. The fraction of sp³-hybridized carbons (Fsp3) is 0.188. The van der Waals surface area contributed by atoms with Crippen LogP contribution in [0.2, 0.25) is 0 Å². The van der Waals surface area contributed by atoms with Crippen molar-refractivity contribution in [1.82, 2.24) is 10.3 Å². The molecule has 0 aliphatic rings. The van der Waals surface area contributed by atoms with Crippen LogP contribution in [0.1, 0.15) is 12.5 Å². The lowest BCUT2D eigenvalue weighted by molar-refractivity contribution is -0.137. The van der Waals surface area contributed by atoms with E-state index in [2.05, 4.69) is 10.3 Å². The van der Waals surface area contributed by atoms with Crippen molar-refractivity contribution in [3.05, 3.63) is 60.4 Å². The number of carbonyl (C=O) groups excluding carboxylic acids is 2. The summed E-state index contributed by atoms with van der Waals surface area (Å²) in [5.41, 5.74) is 1.61. The van der Waals surface area contributed by atoms with Crippen molar-refractivity contribution >= 4 is 17.5 Å². The highest BCUT2D eigenvalue weighted by molar-refractivity contribution is 6.40. The highest BCUT2D eigenvalue weighted by atomic mass is 16.2. The van der Waals surface area contributed by atoms with Gasteiger partial charge in [-0.25, -0.2) is 0 Å². The maximum absolute atomic E-state index is 12.2. The van der Waals surface area contributed by atoms with Crippen LogP contribution < -0.4 is 10.2 Å². The number of likely N-dealkylation sites (N-methyl/N-ethyl adjacent to an activating group) is 1.